The molecule has 1 heterocycles. The smallest absolute Gasteiger partial charge is 0.0948 e. The average molecular weight is 249 g/mol. The van der Waals surface area contributed by atoms with Crippen LogP contribution in [0.3, 0.4) is 0 Å². The van der Waals surface area contributed by atoms with E-state index in [2.05, 4.69) is 35.6 Å². The molecule has 0 saturated heterocycles. The van der Waals surface area contributed by atoms with Crippen LogP contribution < -0.4 is 5.32 Å². The van der Waals surface area contributed by atoms with E-state index >= 15 is 0 Å². The van der Waals surface area contributed by atoms with Gasteiger partial charge in [-0.15, -0.1) is 0 Å². The third kappa shape index (κ3) is 2.94. The van der Waals surface area contributed by atoms with E-state index in [1.165, 1.54) is 31.4 Å². The number of hydrogen-bond acceptors (Lipinski definition) is 2. The summed E-state index contributed by atoms with van der Waals surface area (Å²) in [5.41, 5.74) is 1.32. The number of rotatable bonds is 6. The minimum Gasteiger partial charge on any atom is -0.333 e. The topological polar surface area (TPSA) is 29.9 Å². The molecule has 0 bridgehead atoms. The van der Waals surface area contributed by atoms with E-state index in [0.29, 0.717) is 6.04 Å². The predicted octanol–water partition coefficient (Wildman–Crippen LogP) is 3.21. The first-order valence-electron chi connectivity index (χ1n) is 7.48. The number of imidazole rings is 1. The molecule has 1 saturated carbocycles. The fraction of sp³-hybridized carbons (Fsp3) is 0.800. The van der Waals surface area contributed by atoms with Crippen LogP contribution in [-0.2, 0) is 13.1 Å². The summed E-state index contributed by atoms with van der Waals surface area (Å²) in [6, 6.07) is 0.694. The summed E-state index contributed by atoms with van der Waals surface area (Å²) in [6.45, 7) is 8.98. The highest BCUT2D eigenvalue weighted by Gasteiger charge is 2.30. The Balaban J connectivity index is 1.86. The second kappa shape index (κ2) is 6.37. The van der Waals surface area contributed by atoms with Gasteiger partial charge in [-0.05, 0) is 31.1 Å². The summed E-state index contributed by atoms with van der Waals surface area (Å²) < 4.78 is 2.27. The van der Waals surface area contributed by atoms with Gasteiger partial charge < -0.3 is 9.88 Å². The summed E-state index contributed by atoms with van der Waals surface area (Å²) in [5.74, 6) is 1.74. The van der Waals surface area contributed by atoms with Gasteiger partial charge in [0.25, 0.3) is 0 Å². The van der Waals surface area contributed by atoms with Crippen LogP contribution in [0, 0.1) is 11.8 Å². The maximum Gasteiger partial charge on any atom is 0.0948 e. The van der Waals surface area contributed by atoms with Gasteiger partial charge in [-0.1, -0.05) is 27.2 Å². The monoisotopic (exact) mass is 249 g/mol. The molecule has 1 aliphatic carbocycles. The molecule has 0 aliphatic heterocycles. The van der Waals surface area contributed by atoms with Crippen LogP contribution in [0.1, 0.15) is 52.1 Å². The standard InChI is InChI=1S/C15H27N3/c1-4-8-18-11-16-9-14(18)10-17-15-7-6-13(5-2)12(15)3/h9,11-13,15,17H,4-8,10H2,1-3H3. The third-order valence-electron chi connectivity index (χ3n) is 4.56. The van der Waals surface area contributed by atoms with Crippen molar-refractivity contribution in [1.29, 1.82) is 0 Å². The van der Waals surface area contributed by atoms with Gasteiger partial charge >= 0.3 is 0 Å². The number of nitrogens with one attached hydrogen (secondary N) is 1. The van der Waals surface area contributed by atoms with Crippen molar-refractivity contribution in [3.8, 4) is 0 Å². The van der Waals surface area contributed by atoms with E-state index in [9.17, 15) is 0 Å². The van der Waals surface area contributed by atoms with Crippen LogP contribution in [0.25, 0.3) is 0 Å². The van der Waals surface area contributed by atoms with E-state index < -0.39 is 0 Å². The van der Waals surface area contributed by atoms with Crippen LogP contribution in [0.2, 0.25) is 0 Å². The molecule has 0 aromatic carbocycles. The lowest BCUT2D eigenvalue weighted by atomic mass is 9.93. The minimum atomic E-state index is 0.694. The van der Waals surface area contributed by atoms with E-state index in [1.54, 1.807) is 0 Å². The van der Waals surface area contributed by atoms with Gasteiger partial charge in [-0.3, -0.25) is 0 Å². The molecule has 1 aliphatic rings. The van der Waals surface area contributed by atoms with Crippen molar-refractivity contribution < 1.29 is 0 Å². The van der Waals surface area contributed by atoms with Crippen LogP contribution >= 0.6 is 0 Å². The highest BCUT2D eigenvalue weighted by molar-refractivity contribution is 4.99. The molecule has 3 nitrogen and oxygen atoms in total. The van der Waals surface area contributed by atoms with Crippen LogP contribution in [-0.4, -0.2) is 15.6 Å². The molecule has 1 N–H and O–H groups in total. The summed E-state index contributed by atoms with van der Waals surface area (Å²) in [6.07, 6.45) is 9.17. The van der Waals surface area contributed by atoms with Crippen LogP contribution in [0.5, 0.6) is 0 Å². The Labute approximate surface area is 111 Å². The Kier molecular flexibility index (Phi) is 4.81. The van der Waals surface area contributed by atoms with E-state index in [0.717, 1.165) is 24.9 Å². The van der Waals surface area contributed by atoms with Crippen molar-refractivity contribution >= 4 is 0 Å². The minimum absolute atomic E-state index is 0.694. The maximum absolute atomic E-state index is 4.26. The highest BCUT2D eigenvalue weighted by Crippen LogP contribution is 2.33. The Hall–Kier alpha value is -0.830. The SMILES string of the molecule is CCCn1cncc1CNC1CCC(CC)C1C. The van der Waals surface area contributed by atoms with Gasteiger partial charge in [-0.2, -0.15) is 0 Å². The largest absolute Gasteiger partial charge is 0.333 e. The first-order valence-corrected chi connectivity index (χ1v) is 7.48. The Bertz CT molecular complexity index is 358. The lowest BCUT2D eigenvalue weighted by Crippen LogP contribution is -2.32. The molecular formula is C15H27N3. The number of nitrogens with zero attached hydrogens (tertiary/aromatic N) is 2. The molecule has 1 aromatic rings. The molecule has 1 fully saturated rings. The third-order valence-corrected chi connectivity index (χ3v) is 4.56. The quantitative estimate of drug-likeness (QED) is 0.839. The van der Waals surface area contributed by atoms with Gasteiger partial charge in [0.1, 0.15) is 0 Å². The van der Waals surface area contributed by atoms with Crippen molar-refractivity contribution in [1.82, 2.24) is 14.9 Å². The Morgan fingerprint density at radius 1 is 1.39 bits per heavy atom. The molecule has 2 rings (SSSR count). The lowest BCUT2D eigenvalue weighted by Gasteiger charge is -2.21. The summed E-state index contributed by atoms with van der Waals surface area (Å²) in [7, 11) is 0. The number of aromatic nitrogens is 2. The van der Waals surface area contributed by atoms with Crippen molar-refractivity contribution in [2.45, 2.75) is 65.6 Å². The Morgan fingerprint density at radius 2 is 2.22 bits per heavy atom. The molecule has 0 spiro atoms. The molecule has 18 heavy (non-hydrogen) atoms. The van der Waals surface area contributed by atoms with Crippen LogP contribution in [0.4, 0.5) is 0 Å². The highest BCUT2D eigenvalue weighted by atomic mass is 15.1. The van der Waals surface area contributed by atoms with Gasteiger partial charge in [0.15, 0.2) is 0 Å². The fourth-order valence-electron chi connectivity index (χ4n) is 3.29. The molecule has 3 atom stereocenters. The summed E-state index contributed by atoms with van der Waals surface area (Å²) in [4.78, 5) is 4.26. The van der Waals surface area contributed by atoms with Gasteiger partial charge in [0.2, 0.25) is 0 Å². The van der Waals surface area contributed by atoms with E-state index in [1.807, 2.05) is 12.5 Å². The van der Waals surface area contributed by atoms with E-state index in [-0.39, 0.29) is 0 Å². The van der Waals surface area contributed by atoms with Crippen LogP contribution in [0.15, 0.2) is 12.5 Å². The molecule has 102 valence electrons. The first-order chi connectivity index (χ1) is 8.76. The second-order valence-electron chi connectivity index (χ2n) is 5.67. The van der Waals surface area contributed by atoms with Crippen molar-refractivity contribution in [2.75, 3.05) is 0 Å². The first kappa shape index (κ1) is 13.6. The predicted molar refractivity (Wildman–Crippen MR) is 75.3 cm³/mol. The molecule has 0 radical (unpaired) electrons. The van der Waals surface area contributed by atoms with Gasteiger partial charge in [0.05, 0.1) is 12.0 Å². The van der Waals surface area contributed by atoms with Crippen molar-refractivity contribution in [2.24, 2.45) is 11.8 Å². The van der Waals surface area contributed by atoms with Gasteiger partial charge in [0, 0.05) is 25.3 Å². The summed E-state index contributed by atoms with van der Waals surface area (Å²) >= 11 is 0. The van der Waals surface area contributed by atoms with Crippen molar-refractivity contribution in [3.05, 3.63) is 18.2 Å². The second-order valence-corrected chi connectivity index (χ2v) is 5.67. The van der Waals surface area contributed by atoms with Crippen molar-refractivity contribution in [3.63, 3.8) is 0 Å². The molecule has 1 aromatic heterocycles. The normalized spacial score (nSPS) is 27.8. The zero-order chi connectivity index (χ0) is 13.0. The number of aryl methyl sites for hydroxylation is 1. The lowest BCUT2D eigenvalue weighted by molar-refractivity contribution is 0.342. The molecule has 3 unspecified atom stereocenters. The number of hydrogen-bond donors (Lipinski definition) is 1. The summed E-state index contributed by atoms with van der Waals surface area (Å²) in [5, 5.41) is 3.74. The molecular weight excluding hydrogens is 222 g/mol. The fourth-order valence-corrected chi connectivity index (χ4v) is 3.29. The molecule has 0 amide bonds. The maximum atomic E-state index is 4.26. The van der Waals surface area contributed by atoms with Gasteiger partial charge in [-0.25, -0.2) is 4.98 Å². The zero-order valence-corrected chi connectivity index (χ0v) is 12.0. The zero-order valence-electron chi connectivity index (χ0n) is 12.0. The van der Waals surface area contributed by atoms with E-state index in [4.69, 9.17) is 0 Å². The Morgan fingerprint density at radius 3 is 2.89 bits per heavy atom. The average Bonchev–Trinajstić information content (AvgIpc) is 2.94. The molecule has 3 heteroatoms.